The number of benzene rings is 1. The van der Waals surface area contributed by atoms with E-state index in [1.807, 2.05) is 24.3 Å². The summed E-state index contributed by atoms with van der Waals surface area (Å²) in [6.07, 6.45) is 3.91. The average molecular weight is 432 g/mol. The number of rotatable bonds is 5. The van der Waals surface area contributed by atoms with Gasteiger partial charge in [-0.05, 0) is 64.0 Å². The van der Waals surface area contributed by atoms with Gasteiger partial charge in [-0.2, -0.15) is 0 Å². The molecule has 0 radical (unpaired) electrons. The van der Waals surface area contributed by atoms with Crippen LogP contribution in [-0.4, -0.2) is 43.1 Å². The van der Waals surface area contributed by atoms with E-state index in [0.29, 0.717) is 12.5 Å². The zero-order chi connectivity index (χ0) is 16.0. The van der Waals surface area contributed by atoms with E-state index in [1.165, 1.54) is 19.3 Å². The molecule has 0 bridgehead atoms. The van der Waals surface area contributed by atoms with Crippen LogP contribution in [0.1, 0.15) is 33.1 Å². The maximum atomic E-state index is 6.00. The highest BCUT2D eigenvalue weighted by Gasteiger charge is 2.27. The van der Waals surface area contributed by atoms with Crippen LogP contribution in [0.15, 0.2) is 29.3 Å². The molecule has 0 aliphatic carbocycles. The van der Waals surface area contributed by atoms with Crippen molar-refractivity contribution in [1.29, 1.82) is 0 Å². The highest BCUT2D eigenvalue weighted by atomic mass is 127. The molecule has 1 fully saturated rings. The fourth-order valence-electron chi connectivity index (χ4n) is 2.74. The Morgan fingerprint density at radius 2 is 1.83 bits per heavy atom. The van der Waals surface area contributed by atoms with Gasteiger partial charge in [-0.15, -0.1) is 24.0 Å². The molecule has 1 aliphatic heterocycles. The van der Waals surface area contributed by atoms with E-state index in [4.69, 9.17) is 10.5 Å². The molecule has 0 saturated carbocycles. The molecular formula is C17H29IN4O. The molecule has 6 heteroatoms. The second kappa shape index (κ2) is 9.32. The Balaban J connectivity index is 0.00000264. The molecular weight excluding hydrogens is 403 g/mol. The first-order valence-corrected chi connectivity index (χ1v) is 7.97. The second-order valence-electron chi connectivity index (χ2n) is 6.42. The molecule has 1 aliphatic rings. The number of guanidine groups is 1. The van der Waals surface area contributed by atoms with E-state index < -0.39 is 0 Å². The van der Waals surface area contributed by atoms with Gasteiger partial charge in [0.2, 0.25) is 0 Å². The summed E-state index contributed by atoms with van der Waals surface area (Å²) in [6, 6.07) is 7.65. The predicted octanol–water partition coefficient (Wildman–Crippen LogP) is 3.30. The van der Waals surface area contributed by atoms with Crippen LogP contribution in [0.5, 0.6) is 5.75 Å². The molecule has 0 aromatic heterocycles. The molecule has 1 saturated heterocycles. The molecule has 130 valence electrons. The number of hydrogen-bond donors (Lipinski definition) is 2. The van der Waals surface area contributed by atoms with Crippen LogP contribution in [0.25, 0.3) is 0 Å². The largest absolute Gasteiger partial charge is 0.497 e. The molecule has 1 aromatic rings. The third-order valence-electron chi connectivity index (χ3n) is 4.21. The first-order valence-electron chi connectivity index (χ1n) is 7.97. The van der Waals surface area contributed by atoms with Gasteiger partial charge in [-0.3, -0.25) is 9.89 Å². The maximum Gasteiger partial charge on any atom is 0.193 e. The lowest BCUT2D eigenvalue weighted by Gasteiger charge is -2.40. The lowest BCUT2D eigenvalue weighted by atomic mass is 9.99. The number of nitrogens with zero attached hydrogens (tertiary/aromatic N) is 2. The Labute approximate surface area is 156 Å². The number of methoxy groups -OCH3 is 1. The zero-order valence-corrected chi connectivity index (χ0v) is 16.7. The van der Waals surface area contributed by atoms with E-state index >= 15 is 0 Å². The minimum absolute atomic E-state index is 0. The quantitative estimate of drug-likeness (QED) is 0.426. The summed E-state index contributed by atoms with van der Waals surface area (Å²) in [7, 11) is 1.65. The third-order valence-corrected chi connectivity index (χ3v) is 4.21. The number of ether oxygens (including phenoxy) is 1. The maximum absolute atomic E-state index is 6.00. The van der Waals surface area contributed by atoms with Gasteiger partial charge in [0.1, 0.15) is 5.75 Å². The van der Waals surface area contributed by atoms with E-state index in [2.05, 4.69) is 29.1 Å². The topological polar surface area (TPSA) is 62.9 Å². The summed E-state index contributed by atoms with van der Waals surface area (Å²) in [5.41, 5.74) is 6.97. The number of anilines is 1. The van der Waals surface area contributed by atoms with Crippen molar-refractivity contribution in [3.8, 4) is 5.75 Å². The zero-order valence-electron chi connectivity index (χ0n) is 14.3. The fraction of sp³-hybridized carbons (Fsp3) is 0.588. The van der Waals surface area contributed by atoms with Crippen molar-refractivity contribution < 1.29 is 4.74 Å². The Hall–Kier alpha value is -1.02. The number of hydrogen-bond acceptors (Lipinski definition) is 3. The van der Waals surface area contributed by atoms with Crippen LogP contribution < -0.4 is 15.8 Å². The smallest absolute Gasteiger partial charge is 0.193 e. The molecule has 0 amide bonds. The number of likely N-dealkylation sites (tertiary alicyclic amines) is 1. The molecule has 1 heterocycles. The molecule has 2 rings (SSSR count). The van der Waals surface area contributed by atoms with Crippen molar-refractivity contribution in [2.45, 2.75) is 38.6 Å². The molecule has 0 atom stereocenters. The SMILES string of the molecule is COc1ccc(NC(N)=NCC(C)(C)N2CCCCC2)cc1.I. The molecule has 3 N–H and O–H groups in total. The minimum atomic E-state index is 0. The lowest BCUT2D eigenvalue weighted by Crippen LogP contribution is -2.49. The van der Waals surface area contributed by atoms with Crippen LogP contribution in [0.2, 0.25) is 0 Å². The Kier molecular flexibility index (Phi) is 8.11. The Bertz CT molecular complexity index is 496. The van der Waals surface area contributed by atoms with Gasteiger partial charge in [0.15, 0.2) is 5.96 Å². The predicted molar refractivity (Wildman–Crippen MR) is 108 cm³/mol. The lowest BCUT2D eigenvalue weighted by molar-refractivity contribution is 0.102. The summed E-state index contributed by atoms with van der Waals surface area (Å²) in [4.78, 5) is 7.03. The molecule has 0 unspecified atom stereocenters. The Morgan fingerprint density at radius 3 is 2.39 bits per heavy atom. The molecule has 0 spiro atoms. The number of nitrogens with two attached hydrogens (primary N) is 1. The monoisotopic (exact) mass is 432 g/mol. The second-order valence-corrected chi connectivity index (χ2v) is 6.42. The Morgan fingerprint density at radius 1 is 1.22 bits per heavy atom. The van der Waals surface area contributed by atoms with Crippen molar-refractivity contribution in [1.82, 2.24) is 4.90 Å². The van der Waals surface area contributed by atoms with Gasteiger partial charge in [-0.25, -0.2) is 0 Å². The summed E-state index contributed by atoms with van der Waals surface area (Å²) in [6.45, 7) is 7.50. The van der Waals surface area contributed by atoms with Crippen LogP contribution in [0, 0.1) is 0 Å². The van der Waals surface area contributed by atoms with E-state index in [1.54, 1.807) is 7.11 Å². The fourth-order valence-corrected chi connectivity index (χ4v) is 2.74. The summed E-state index contributed by atoms with van der Waals surface area (Å²) < 4.78 is 5.14. The third kappa shape index (κ3) is 6.18. The van der Waals surface area contributed by atoms with Gasteiger partial charge in [0.05, 0.1) is 13.7 Å². The summed E-state index contributed by atoms with van der Waals surface area (Å²) >= 11 is 0. The van der Waals surface area contributed by atoms with E-state index in [9.17, 15) is 0 Å². The van der Waals surface area contributed by atoms with Gasteiger partial charge < -0.3 is 15.8 Å². The first-order chi connectivity index (χ1) is 10.5. The van der Waals surface area contributed by atoms with Crippen LogP contribution in [-0.2, 0) is 0 Å². The van der Waals surface area contributed by atoms with Gasteiger partial charge in [0.25, 0.3) is 0 Å². The van der Waals surface area contributed by atoms with Crippen LogP contribution in [0.3, 0.4) is 0 Å². The van der Waals surface area contributed by atoms with Crippen molar-refractivity contribution in [3.05, 3.63) is 24.3 Å². The highest BCUT2D eigenvalue weighted by Crippen LogP contribution is 2.21. The van der Waals surface area contributed by atoms with Gasteiger partial charge >= 0.3 is 0 Å². The normalized spacial score (nSPS) is 16.6. The summed E-state index contributed by atoms with van der Waals surface area (Å²) in [5, 5.41) is 3.12. The number of nitrogens with one attached hydrogen (secondary N) is 1. The summed E-state index contributed by atoms with van der Waals surface area (Å²) in [5.74, 6) is 1.28. The average Bonchev–Trinajstić information content (AvgIpc) is 2.55. The molecule has 23 heavy (non-hydrogen) atoms. The van der Waals surface area contributed by atoms with E-state index in [0.717, 1.165) is 24.5 Å². The van der Waals surface area contributed by atoms with Crippen molar-refractivity contribution in [2.24, 2.45) is 10.7 Å². The number of piperidine rings is 1. The molecule has 1 aromatic carbocycles. The van der Waals surface area contributed by atoms with Crippen molar-refractivity contribution >= 4 is 35.6 Å². The van der Waals surface area contributed by atoms with Gasteiger partial charge in [0, 0.05) is 11.2 Å². The highest BCUT2D eigenvalue weighted by molar-refractivity contribution is 14.0. The number of halogens is 1. The van der Waals surface area contributed by atoms with Crippen molar-refractivity contribution in [3.63, 3.8) is 0 Å². The minimum Gasteiger partial charge on any atom is -0.497 e. The van der Waals surface area contributed by atoms with Crippen molar-refractivity contribution in [2.75, 3.05) is 32.1 Å². The number of aliphatic imine (C=N–C) groups is 1. The van der Waals surface area contributed by atoms with Gasteiger partial charge in [-0.1, -0.05) is 6.42 Å². The standard InChI is InChI=1S/C17H28N4O.HI/c1-17(2,21-11-5-4-6-12-21)13-19-16(18)20-14-7-9-15(22-3)10-8-14;/h7-10H,4-6,11-13H2,1-3H3,(H3,18,19,20);1H. The van der Waals surface area contributed by atoms with E-state index in [-0.39, 0.29) is 29.5 Å². The van der Waals surface area contributed by atoms with Crippen LogP contribution in [0.4, 0.5) is 5.69 Å². The molecule has 5 nitrogen and oxygen atoms in total. The first kappa shape index (κ1) is 20.0. The van der Waals surface area contributed by atoms with Crippen LogP contribution >= 0.6 is 24.0 Å².